The lowest BCUT2D eigenvalue weighted by Crippen LogP contribution is -2.63. The van der Waals surface area contributed by atoms with E-state index in [2.05, 4.69) is 57.5 Å². The number of halogens is 1. The number of aromatic nitrogens is 6. The molecule has 28 heteroatoms. The van der Waals surface area contributed by atoms with E-state index in [0.717, 1.165) is 5.56 Å². The standard InChI is InChI=1S/C42H60FN15O12/c43-13-6-10-24-20-57(55-53-24)22-32(60)48-18-30-34(63)35(64)36(65)37(70-30)41(69)46-14-5-4-12-29-40(68)51-25(11-7-15-47-42(44)45)38(66)49-19-31(59)50-27(17-33(61)62)39(67)52-26(28-21-58(29)56-54-28)16-23-8-2-1-3-9-23/h1-3,8-9,20-21,25-27,29-30,34-37,63-65H,4-7,10-19,22H2,(H,46,69)(H,48,60)(H,49,66)(H,50,59)(H,51,68)(H,52,67)(H,61,62)(H4,44,45,47)/t25-,26-,27-,29-,30+,34-,35?,36-,37?/m0/s1. The van der Waals surface area contributed by atoms with Crippen LogP contribution >= 0.6 is 0 Å². The van der Waals surface area contributed by atoms with Crippen molar-refractivity contribution in [3.8, 4) is 0 Å². The van der Waals surface area contributed by atoms with Crippen molar-refractivity contribution in [1.82, 2.24) is 61.9 Å². The number of alkyl halides is 1. The van der Waals surface area contributed by atoms with Gasteiger partial charge in [-0.1, -0.05) is 40.8 Å². The number of nitrogens with one attached hydrogen (secondary N) is 6. The number of carboxylic acid groups (broad SMARTS) is 1. The van der Waals surface area contributed by atoms with Crippen LogP contribution in [0.1, 0.15) is 74.0 Å². The summed E-state index contributed by atoms with van der Waals surface area (Å²) in [7, 11) is 0. The lowest BCUT2D eigenvalue weighted by Gasteiger charge is -2.40. The fourth-order valence-electron chi connectivity index (χ4n) is 7.60. The van der Waals surface area contributed by atoms with Crippen LogP contribution in [0.4, 0.5) is 4.39 Å². The molecular formula is C42H60FN15O12. The second kappa shape index (κ2) is 26.5. The maximum Gasteiger partial charge on any atom is 0.305 e. The van der Waals surface area contributed by atoms with Crippen molar-refractivity contribution in [3.05, 3.63) is 59.7 Å². The van der Waals surface area contributed by atoms with Crippen LogP contribution in [0.3, 0.4) is 0 Å². The van der Waals surface area contributed by atoms with Crippen LogP contribution in [-0.2, 0) is 57.7 Å². The van der Waals surface area contributed by atoms with Crippen LogP contribution in [0, 0.1) is 0 Å². The highest BCUT2D eigenvalue weighted by Gasteiger charge is 2.46. The lowest BCUT2D eigenvalue weighted by atomic mass is 9.94. The van der Waals surface area contributed by atoms with Crippen LogP contribution in [0.25, 0.3) is 0 Å². The first-order chi connectivity index (χ1) is 33.5. The van der Waals surface area contributed by atoms with E-state index in [1.165, 1.54) is 21.8 Å². The molecule has 6 amide bonds. The number of aliphatic hydroxyl groups is 3. The molecule has 2 aromatic heterocycles. The topological polar surface area (TPSA) is 408 Å². The number of aliphatic carboxylic acids is 1. The molecule has 3 aromatic rings. The Bertz CT molecular complexity index is 2280. The molecule has 5 rings (SSSR count). The number of rotatable bonds is 21. The average Bonchev–Trinajstić information content (AvgIpc) is 4.00. The van der Waals surface area contributed by atoms with Crippen LogP contribution in [-0.4, -0.2) is 173 Å². The van der Waals surface area contributed by atoms with E-state index in [1.54, 1.807) is 30.3 Å². The summed E-state index contributed by atoms with van der Waals surface area (Å²) in [5, 5.41) is 73.1. The second-order valence-corrected chi connectivity index (χ2v) is 16.7. The first-order valence-corrected chi connectivity index (χ1v) is 22.6. The van der Waals surface area contributed by atoms with E-state index in [0.29, 0.717) is 12.1 Å². The molecular weight excluding hydrogens is 926 g/mol. The van der Waals surface area contributed by atoms with Gasteiger partial charge in [0.05, 0.1) is 37.6 Å². The minimum absolute atomic E-state index is 0.00182. The van der Waals surface area contributed by atoms with Crippen molar-refractivity contribution >= 4 is 47.4 Å². The number of nitrogens with zero attached hydrogens (tertiary/aromatic N) is 7. The molecule has 70 heavy (non-hydrogen) atoms. The number of ether oxygens (including phenoxy) is 1. The summed E-state index contributed by atoms with van der Waals surface area (Å²) in [5.74, 6) is -6.22. The number of hydrogen-bond acceptors (Lipinski definition) is 16. The predicted molar refractivity (Wildman–Crippen MR) is 240 cm³/mol. The number of carbonyl (C=O) groups excluding carboxylic acids is 6. The molecule has 1 aromatic carbocycles. The Kier molecular flexibility index (Phi) is 20.4. The van der Waals surface area contributed by atoms with Crippen LogP contribution in [0.5, 0.6) is 0 Å². The zero-order chi connectivity index (χ0) is 50.7. The highest BCUT2D eigenvalue weighted by Crippen LogP contribution is 2.23. The molecule has 2 aliphatic heterocycles. The van der Waals surface area contributed by atoms with Crippen molar-refractivity contribution in [2.75, 3.05) is 32.9 Å². The third-order valence-corrected chi connectivity index (χ3v) is 11.3. The highest BCUT2D eigenvalue weighted by molar-refractivity contribution is 5.94. The van der Waals surface area contributed by atoms with Gasteiger partial charge in [-0.25, -0.2) is 9.36 Å². The summed E-state index contributed by atoms with van der Waals surface area (Å²) in [6.45, 7) is -1.79. The van der Waals surface area contributed by atoms with Gasteiger partial charge in [-0.3, -0.25) is 42.9 Å². The molecule has 1 saturated heterocycles. The highest BCUT2D eigenvalue weighted by atomic mass is 19.1. The monoisotopic (exact) mass is 985 g/mol. The van der Waals surface area contributed by atoms with Gasteiger partial charge in [0.15, 0.2) is 12.1 Å². The zero-order valence-corrected chi connectivity index (χ0v) is 38.1. The van der Waals surface area contributed by atoms with E-state index in [4.69, 9.17) is 16.2 Å². The second-order valence-electron chi connectivity index (χ2n) is 16.7. The van der Waals surface area contributed by atoms with Gasteiger partial charge in [-0.05, 0) is 56.9 Å². The zero-order valence-electron chi connectivity index (χ0n) is 38.1. The normalized spacial score (nSPS) is 24.3. The number of amides is 6. The number of guanidine groups is 1. The Morgan fingerprint density at radius 1 is 0.843 bits per heavy atom. The summed E-state index contributed by atoms with van der Waals surface area (Å²) in [6.07, 6.45) is -4.80. The summed E-state index contributed by atoms with van der Waals surface area (Å²) >= 11 is 0. The summed E-state index contributed by atoms with van der Waals surface area (Å²) in [5.41, 5.74) is 12.3. The minimum Gasteiger partial charge on any atom is -0.481 e. The molecule has 1 fully saturated rings. The number of fused-ring (bicyclic) bond motifs is 2. The van der Waals surface area contributed by atoms with Gasteiger partial charge in [-0.15, -0.1) is 10.2 Å². The molecule has 0 radical (unpaired) electrons. The molecule has 14 N–H and O–H groups in total. The van der Waals surface area contributed by atoms with Gasteiger partial charge < -0.3 is 68.5 Å². The number of aryl methyl sites for hydroxylation is 1. The van der Waals surface area contributed by atoms with Crippen LogP contribution in [0.2, 0.25) is 0 Å². The molecule has 4 heterocycles. The number of carboxylic acids is 1. The molecule has 0 spiro atoms. The first kappa shape index (κ1) is 53.8. The number of unbranched alkanes of at least 4 members (excludes halogenated alkanes) is 1. The quantitative estimate of drug-likeness (QED) is 0.0271. The largest absolute Gasteiger partial charge is 0.481 e. The van der Waals surface area contributed by atoms with Gasteiger partial charge in [0.25, 0.3) is 5.91 Å². The molecule has 2 bridgehead atoms. The number of carbonyl (C=O) groups is 7. The van der Waals surface area contributed by atoms with Gasteiger partial charge in [-0.2, -0.15) is 0 Å². The molecule has 0 aliphatic carbocycles. The minimum atomic E-state index is -1.85. The number of aliphatic imine (C=N–C) groups is 1. The van der Waals surface area contributed by atoms with E-state index in [-0.39, 0.29) is 82.8 Å². The summed E-state index contributed by atoms with van der Waals surface area (Å²) in [4.78, 5) is 96.0. The van der Waals surface area contributed by atoms with Gasteiger partial charge in [0, 0.05) is 25.8 Å². The van der Waals surface area contributed by atoms with Crippen molar-refractivity contribution in [2.45, 2.75) is 119 Å². The first-order valence-electron chi connectivity index (χ1n) is 22.6. The van der Waals surface area contributed by atoms with E-state index < -0.39 is 116 Å². The molecule has 9 atom stereocenters. The van der Waals surface area contributed by atoms with Crippen molar-refractivity contribution < 1.29 is 63.1 Å². The number of hydrogen-bond donors (Lipinski definition) is 12. The third kappa shape index (κ3) is 16.2. The maximum atomic E-state index is 14.2. The number of benzene rings is 1. The number of nitrogens with two attached hydrogens (primary N) is 2. The van der Waals surface area contributed by atoms with Crippen LogP contribution in [0.15, 0.2) is 47.7 Å². The molecule has 2 unspecified atom stereocenters. The fraction of sp³-hybridized carbons (Fsp3) is 0.571. The van der Waals surface area contributed by atoms with Crippen molar-refractivity contribution in [2.24, 2.45) is 16.5 Å². The van der Waals surface area contributed by atoms with E-state index >= 15 is 0 Å². The van der Waals surface area contributed by atoms with E-state index in [1.807, 2.05) is 0 Å². The van der Waals surface area contributed by atoms with Crippen molar-refractivity contribution in [3.63, 3.8) is 0 Å². The number of aliphatic hydroxyl groups excluding tert-OH is 3. The van der Waals surface area contributed by atoms with Gasteiger partial charge >= 0.3 is 5.97 Å². The SMILES string of the molecule is NC(N)=NCCC[C@@H]1NC(=O)[C@H](CCCCNC(=O)C2O[C@H](CNC(=O)Cn3cc(CCCF)nn3)[C@H](O)C(O)[C@@H]2O)n2cc(nn2)[C@H](Cc2ccccc2)NC(=O)[C@H](CC(=O)O)NC(=O)CNC1=O. The predicted octanol–water partition coefficient (Wildman–Crippen LogP) is -4.71. The fourth-order valence-corrected chi connectivity index (χ4v) is 7.60. The Morgan fingerprint density at radius 2 is 1.60 bits per heavy atom. The third-order valence-electron chi connectivity index (χ3n) is 11.3. The van der Waals surface area contributed by atoms with Gasteiger partial charge in [0.2, 0.25) is 29.5 Å². The van der Waals surface area contributed by atoms with E-state index in [9.17, 15) is 58.4 Å². The average molecular weight is 986 g/mol. The summed E-state index contributed by atoms with van der Waals surface area (Å²) < 4.78 is 20.7. The van der Waals surface area contributed by atoms with Crippen LogP contribution < -0.4 is 43.4 Å². The van der Waals surface area contributed by atoms with Crippen molar-refractivity contribution in [1.29, 1.82) is 0 Å². The molecule has 27 nitrogen and oxygen atoms in total. The smallest absolute Gasteiger partial charge is 0.305 e. The molecule has 2 aliphatic rings. The molecule has 382 valence electrons. The maximum absolute atomic E-state index is 14.2. The molecule has 0 saturated carbocycles. The Morgan fingerprint density at radius 3 is 2.33 bits per heavy atom. The summed E-state index contributed by atoms with van der Waals surface area (Å²) in [6, 6.07) is 4.03. The lowest BCUT2D eigenvalue weighted by molar-refractivity contribution is -0.219. The Balaban J connectivity index is 1.28. The Labute approximate surface area is 399 Å². The Hall–Kier alpha value is -7.17. The van der Waals surface area contributed by atoms with Gasteiger partial charge in [0.1, 0.15) is 54.8 Å².